The van der Waals surface area contributed by atoms with E-state index in [4.69, 9.17) is 22.1 Å². The summed E-state index contributed by atoms with van der Waals surface area (Å²) < 4.78 is 6.43. The van der Waals surface area contributed by atoms with Crippen LogP contribution >= 0.6 is 22.9 Å². The Morgan fingerprint density at radius 3 is 2.79 bits per heavy atom. The molecule has 0 fully saturated rings. The van der Waals surface area contributed by atoms with Gasteiger partial charge in [-0.05, 0) is 30.7 Å². The lowest BCUT2D eigenvalue weighted by Crippen LogP contribution is -2.21. The molecular weight excluding hydrogens is 280 g/mol. The Kier molecular flexibility index (Phi) is 5.19. The third kappa shape index (κ3) is 4.49. The largest absolute Gasteiger partial charge is 0.486 e. The number of rotatable bonds is 6. The summed E-state index contributed by atoms with van der Waals surface area (Å²) in [7, 11) is 0. The second-order valence-corrected chi connectivity index (χ2v) is 6.15. The van der Waals surface area contributed by atoms with E-state index < -0.39 is 0 Å². The molecule has 0 aliphatic carbocycles. The molecule has 2 N–H and O–H groups in total. The summed E-state index contributed by atoms with van der Waals surface area (Å²) in [4.78, 5) is 5.46. The van der Waals surface area contributed by atoms with Crippen LogP contribution in [0.1, 0.15) is 23.9 Å². The molecule has 2 rings (SSSR count). The third-order valence-electron chi connectivity index (χ3n) is 2.80. The molecule has 0 bridgehead atoms. The first-order chi connectivity index (χ1) is 9.17. The van der Waals surface area contributed by atoms with Crippen molar-refractivity contribution in [2.75, 3.05) is 0 Å². The van der Waals surface area contributed by atoms with Crippen molar-refractivity contribution in [2.24, 2.45) is 5.73 Å². The van der Waals surface area contributed by atoms with E-state index in [-0.39, 0.29) is 6.04 Å². The summed E-state index contributed by atoms with van der Waals surface area (Å²) in [5.74, 6) is 0.762. The summed E-state index contributed by atoms with van der Waals surface area (Å²) in [6.07, 6.45) is 3.50. The maximum atomic E-state index is 5.90. The molecule has 1 unspecified atom stereocenters. The standard InChI is InChI=1S/C14H17ClN2OS/c1-2-10(16)7-11-3-4-12(8-17-11)18-9-13-5-6-14(15)19-13/h3-6,8,10H,2,7,9,16H2,1H3. The number of hydrogen-bond acceptors (Lipinski definition) is 4. The van der Waals surface area contributed by atoms with Crippen LogP contribution < -0.4 is 10.5 Å². The number of nitrogens with two attached hydrogens (primary N) is 1. The molecule has 2 heterocycles. The first kappa shape index (κ1) is 14.3. The lowest BCUT2D eigenvalue weighted by Gasteiger charge is -2.09. The van der Waals surface area contributed by atoms with E-state index in [1.165, 1.54) is 11.3 Å². The van der Waals surface area contributed by atoms with Gasteiger partial charge in [-0.3, -0.25) is 4.98 Å². The molecule has 0 spiro atoms. The van der Waals surface area contributed by atoms with Crippen LogP contribution in [0.3, 0.4) is 0 Å². The van der Waals surface area contributed by atoms with Crippen molar-refractivity contribution >= 4 is 22.9 Å². The molecule has 1 atom stereocenters. The molecule has 0 aliphatic rings. The second-order valence-electron chi connectivity index (χ2n) is 4.35. The number of nitrogens with zero attached hydrogens (tertiary/aromatic N) is 1. The first-order valence-electron chi connectivity index (χ1n) is 6.25. The quantitative estimate of drug-likeness (QED) is 0.885. The average molecular weight is 297 g/mol. The highest BCUT2D eigenvalue weighted by Crippen LogP contribution is 2.22. The van der Waals surface area contributed by atoms with Crippen molar-refractivity contribution in [3.8, 4) is 5.75 Å². The highest BCUT2D eigenvalue weighted by Gasteiger charge is 2.04. The molecule has 5 heteroatoms. The fourth-order valence-corrected chi connectivity index (χ4v) is 2.61. The van der Waals surface area contributed by atoms with E-state index in [1.54, 1.807) is 6.20 Å². The zero-order valence-corrected chi connectivity index (χ0v) is 12.4. The van der Waals surface area contributed by atoms with E-state index in [0.29, 0.717) is 6.61 Å². The van der Waals surface area contributed by atoms with Crippen molar-refractivity contribution in [1.82, 2.24) is 4.98 Å². The van der Waals surface area contributed by atoms with Gasteiger partial charge in [-0.2, -0.15) is 0 Å². The molecular formula is C14H17ClN2OS. The molecule has 2 aromatic rings. The van der Waals surface area contributed by atoms with Crippen LogP contribution in [-0.4, -0.2) is 11.0 Å². The molecule has 19 heavy (non-hydrogen) atoms. The predicted octanol–water partition coefficient (Wildman–Crippen LogP) is 3.66. The average Bonchev–Trinajstić information content (AvgIpc) is 2.83. The van der Waals surface area contributed by atoms with E-state index in [9.17, 15) is 0 Å². The third-order valence-corrected chi connectivity index (χ3v) is 4.01. The number of pyridine rings is 1. The van der Waals surface area contributed by atoms with Crippen LogP contribution in [-0.2, 0) is 13.0 Å². The molecule has 0 saturated carbocycles. The number of thiophene rings is 1. The van der Waals surface area contributed by atoms with Crippen molar-refractivity contribution in [3.05, 3.63) is 45.4 Å². The van der Waals surface area contributed by atoms with Crippen LogP contribution in [0.15, 0.2) is 30.5 Å². The minimum atomic E-state index is 0.174. The summed E-state index contributed by atoms with van der Waals surface area (Å²) in [5.41, 5.74) is 6.90. The monoisotopic (exact) mass is 296 g/mol. The van der Waals surface area contributed by atoms with Gasteiger partial charge in [0.1, 0.15) is 12.4 Å². The fraction of sp³-hybridized carbons (Fsp3) is 0.357. The molecule has 0 aromatic carbocycles. The van der Waals surface area contributed by atoms with Gasteiger partial charge in [-0.15, -0.1) is 11.3 Å². The number of ether oxygens (including phenoxy) is 1. The predicted molar refractivity (Wildman–Crippen MR) is 79.9 cm³/mol. The zero-order valence-electron chi connectivity index (χ0n) is 10.8. The Balaban J connectivity index is 1.88. The maximum Gasteiger partial charge on any atom is 0.138 e. The molecule has 2 aromatic heterocycles. The van der Waals surface area contributed by atoms with Gasteiger partial charge in [-0.1, -0.05) is 18.5 Å². The van der Waals surface area contributed by atoms with E-state index in [1.807, 2.05) is 24.3 Å². The Morgan fingerprint density at radius 2 is 2.21 bits per heavy atom. The van der Waals surface area contributed by atoms with Gasteiger partial charge >= 0.3 is 0 Å². The number of hydrogen-bond donors (Lipinski definition) is 1. The molecule has 0 aliphatic heterocycles. The van der Waals surface area contributed by atoms with Gasteiger partial charge in [-0.25, -0.2) is 0 Å². The van der Waals surface area contributed by atoms with Crippen LogP contribution in [0.4, 0.5) is 0 Å². The summed E-state index contributed by atoms with van der Waals surface area (Å²) in [5, 5.41) is 0. The van der Waals surface area contributed by atoms with Gasteiger partial charge in [0.05, 0.1) is 10.5 Å². The highest BCUT2D eigenvalue weighted by molar-refractivity contribution is 7.16. The van der Waals surface area contributed by atoms with Crippen molar-refractivity contribution < 1.29 is 4.74 Å². The zero-order chi connectivity index (χ0) is 13.7. The maximum absolute atomic E-state index is 5.90. The van der Waals surface area contributed by atoms with Gasteiger partial charge < -0.3 is 10.5 Å². The van der Waals surface area contributed by atoms with Crippen LogP contribution in [0, 0.1) is 0 Å². The van der Waals surface area contributed by atoms with Crippen LogP contribution in [0.5, 0.6) is 5.75 Å². The van der Waals surface area contributed by atoms with Crippen LogP contribution in [0.2, 0.25) is 4.34 Å². The van der Waals surface area contributed by atoms with Crippen molar-refractivity contribution in [1.29, 1.82) is 0 Å². The van der Waals surface area contributed by atoms with Gasteiger partial charge in [0.2, 0.25) is 0 Å². The smallest absolute Gasteiger partial charge is 0.138 e. The lowest BCUT2D eigenvalue weighted by atomic mass is 10.1. The summed E-state index contributed by atoms with van der Waals surface area (Å²) >= 11 is 7.39. The Bertz CT molecular complexity index is 512. The molecule has 0 radical (unpaired) electrons. The van der Waals surface area contributed by atoms with Gasteiger partial charge in [0, 0.05) is 23.0 Å². The summed E-state index contributed by atoms with van der Waals surface area (Å²) in [6, 6.07) is 7.91. The fourth-order valence-electron chi connectivity index (χ4n) is 1.61. The van der Waals surface area contributed by atoms with Gasteiger partial charge in [0.25, 0.3) is 0 Å². The Labute approximate surface area is 122 Å². The minimum absolute atomic E-state index is 0.174. The van der Waals surface area contributed by atoms with Crippen LogP contribution in [0.25, 0.3) is 0 Å². The van der Waals surface area contributed by atoms with Crippen molar-refractivity contribution in [2.45, 2.75) is 32.4 Å². The number of halogens is 1. The SMILES string of the molecule is CCC(N)Cc1ccc(OCc2ccc(Cl)s2)cn1. The normalized spacial score (nSPS) is 12.4. The molecule has 0 amide bonds. The number of aromatic nitrogens is 1. The minimum Gasteiger partial charge on any atom is -0.486 e. The highest BCUT2D eigenvalue weighted by atomic mass is 35.5. The summed E-state index contributed by atoms with van der Waals surface area (Å²) in [6.45, 7) is 2.60. The lowest BCUT2D eigenvalue weighted by molar-refractivity contribution is 0.308. The first-order valence-corrected chi connectivity index (χ1v) is 7.44. The van der Waals surface area contributed by atoms with E-state index in [2.05, 4.69) is 11.9 Å². The Hall–Kier alpha value is -1.10. The molecule has 0 saturated heterocycles. The van der Waals surface area contributed by atoms with E-state index in [0.717, 1.165) is 33.5 Å². The molecule has 102 valence electrons. The van der Waals surface area contributed by atoms with Crippen molar-refractivity contribution in [3.63, 3.8) is 0 Å². The second kappa shape index (κ2) is 6.89. The van der Waals surface area contributed by atoms with E-state index >= 15 is 0 Å². The topological polar surface area (TPSA) is 48.1 Å². The molecule has 3 nitrogen and oxygen atoms in total. The van der Waals surface area contributed by atoms with Gasteiger partial charge in [0.15, 0.2) is 0 Å². The Morgan fingerprint density at radius 1 is 1.37 bits per heavy atom.